The number of methoxy groups -OCH3 is 1. The summed E-state index contributed by atoms with van der Waals surface area (Å²) in [5, 5.41) is 0.141. The van der Waals surface area contributed by atoms with Crippen molar-refractivity contribution < 1.29 is 18.3 Å². The maximum atomic E-state index is 12.2. The predicted octanol–water partition coefficient (Wildman–Crippen LogP) is 3.47. The molecule has 0 spiro atoms. The highest BCUT2D eigenvalue weighted by atomic mass is 35.5. The number of ether oxygens (including phenoxy) is 2. The molecule has 16 heavy (non-hydrogen) atoms. The van der Waals surface area contributed by atoms with E-state index in [0.29, 0.717) is 5.69 Å². The molecule has 3 nitrogen and oxygen atoms in total. The third-order valence-electron chi connectivity index (χ3n) is 1.89. The second-order valence-corrected chi connectivity index (χ2v) is 3.80. The van der Waals surface area contributed by atoms with Crippen LogP contribution in [-0.2, 0) is 0 Å². The zero-order chi connectivity index (χ0) is 12.3. The standard InChI is InChI=1S/C10H12ClF2NO2/c1-5(2)8-7(16-10(12)13)4-6(11)9(14-8)15-3/h4-5,10H,1-3H3. The first-order valence-corrected chi connectivity index (χ1v) is 5.02. The van der Waals surface area contributed by atoms with Gasteiger partial charge in [-0.3, -0.25) is 0 Å². The molecule has 0 unspecified atom stereocenters. The molecule has 0 N–H and O–H groups in total. The van der Waals surface area contributed by atoms with E-state index in [2.05, 4.69) is 9.72 Å². The number of alkyl halides is 2. The summed E-state index contributed by atoms with van der Waals surface area (Å²) < 4.78 is 33.6. The quantitative estimate of drug-likeness (QED) is 0.821. The van der Waals surface area contributed by atoms with Crippen molar-refractivity contribution in [2.24, 2.45) is 0 Å². The van der Waals surface area contributed by atoms with Crippen molar-refractivity contribution in [2.75, 3.05) is 7.11 Å². The topological polar surface area (TPSA) is 31.4 Å². The van der Waals surface area contributed by atoms with E-state index in [1.165, 1.54) is 13.2 Å². The molecular weight excluding hydrogens is 240 g/mol. The van der Waals surface area contributed by atoms with Crippen molar-refractivity contribution in [1.82, 2.24) is 4.98 Å². The van der Waals surface area contributed by atoms with E-state index < -0.39 is 6.61 Å². The maximum absolute atomic E-state index is 12.2. The zero-order valence-corrected chi connectivity index (χ0v) is 9.89. The second-order valence-electron chi connectivity index (χ2n) is 3.40. The molecule has 0 fully saturated rings. The average Bonchev–Trinajstić information content (AvgIpc) is 2.16. The van der Waals surface area contributed by atoms with Crippen LogP contribution in [0.2, 0.25) is 5.02 Å². The number of hydrogen-bond donors (Lipinski definition) is 0. The van der Waals surface area contributed by atoms with Crippen LogP contribution in [-0.4, -0.2) is 18.7 Å². The summed E-state index contributed by atoms with van der Waals surface area (Å²) in [5.74, 6) is 0.114. The summed E-state index contributed by atoms with van der Waals surface area (Å²) in [6.45, 7) is 0.728. The fourth-order valence-corrected chi connectivity index (χ4v) is 1.43. The molecule has 1 aromatic rings. The van der Waals surface area contributed by atoms with Gasteiger partial charge in [0.2, 0.25) is 5.88 Å². The number of aromatic nitrogens is 1. The van der Waals surface area contributed by atoms with Gasteiger partial charge in [-0.05, 0) is 5.92 Å². The van der Waals surface area contributed by atoms with Gasteiger partial charge in [0.1, 0.15) is 10.8 Å². The molecule has 6 heteroatoms. The Morgan fingerprint density at radius 3 is 2.44 bits per heavy atom. The van der Waals surface area contributed by atoms with Crippen LogP contribution in [0.5, 0.6) is 11.6 Å². The van der Waals surface area contributed by atoms with Crippen molar-refractivity contribution in [1.29, 1.82) is 0 Å². The lowest BCUT2D eigenvalue weighted by molar-refractivity contribution is -0.0509. The first kappa shape index (κ1) is 13.0. The number of pyridine rings is 1. The summed E-state index contributed by atoms with van der Waals surface area (Å²) in [7, 11) is 1.41. The molecule has 1 rings (SSSR count). The zero-order valence-electron chi connectivity index (χ0n) is 9.13. The molecule has 1 aromatic heterocycles. The Kier molecular flexibility index (Phi) is 4.29. The Morgan fingerprint density at radius 2 is 2.00 bits per heavy atom. The monoisotopic (exact) mass is 251 g/mol. The first-order chi connectivity index (χ1) is 7.45. The summed E-state index contributed by atoms with van der Waals surface area (Å²) in [4.78, 5) is 4.03. The molecule has 0 aliphatic carbocycles. The fourth-order valence-electron chi connectivity index (χ4n) is 1.22. The summed E-state index contributed by atoms with van der Waals surface area (Å²) >= 11 is 5.78. The smallest absolute Gasteiger partial charge is 0.387 e. The highest BCUT2D eigenvalue weighted by Crippen LogP contribution is 2.33. The maximum Gasteiger partial charge on any atom is 0.387 e. The fraction of sp³-hybridized carbons (Fsp3) is 0.500. The molecule has 0 aromatic carbocycles. The van der Waals surface area contributed by atoms with Crippen molar-refractivity contribution in [3.05, 3.63) is 16.8 Å². The van der Waals surface area contributed by atoms with Crippen molar-refractivity contribution in [3.63, 3.8) is 0 Å². The molecule has 0 bridgehead atoms. The van der Waals surface area contributed by atoms with Crippen molar-refractivity contribution in [3.8, 4) is 11.6 Å². The van der Waals surface area contributed by atoms with Crippen LogP contribution in [0.4, 0.5) is 8.78 Å². The molecule has 0 atom stereocenters. The van der Waals surface area contributed by atoms with E-state index in [4.69, 9.17) is 16.3 Å². The van der Waals surface area contributed by atoms with Crippen molar-refractivity contribution >= 4 is 11.6 Å². The minimum absolute atomic E-state index is 0.0178. The number of nitrogens with zero attached hydrogens (tertiary/aromatic N) is 1. The van der Waals surface area contributed by atoms with Gasteiger partial charge in [0.05, 0.1) is 12.8 Å². The highest BCUT2D eigenvalue weighted by Gasteiger charge is 2.17. The Bertz CT molecular complexity index is 372. The van der Waals surface area contributed by atoms with Crippen molar-refractivity contribution in [2.45, 2.75) is 26.4 Å². The predicted molar refractivity (Wildman–Crippen MR) is 56.5 cm³/mol. The van der Waals surface area contributed by atoms with E-state index in [-0.39, 0.29) is 22.6 Å². The van der Waals surface area contributed by atoms with Gasteiger partial charge in [0.25, 0.3) is 0 Å². The third-order valence-corrected chi connectivity index (χ3v) is 2.16. The Morgan fingerprint density at radius 1 is 1.38 bits per heavy atom. The first-order valence-electron chi connectivity index (χ1n) is 4.65. The van der Waals surface area contributed by atoms with Gasteiger partial charge in [0.15, 0.2) is 0 Å². The van der Waals surface area contributed by atoms with Gasteiger partial charge in [-0.15, -0.1) is 0 Å². The molecule has 0 aliphatic rings. The van der Waals surface area contributed by atoms with Gasteiger partial charge >= 0.3 is 6.61 Å². The summed E-state index contributed by atoms with van der Waals surface area (Å²) in [5.41, 5.74) is 0.390. The van der Waals surface area contributed by atoms with Gasteiger partial charge in [-0.1, -0.05) is 25.4 Å². The third kappa shape index (κ3) is 2.95. The normalized spacial score (nSPS) is 11.0. The minimum atomic E-state index is -2.90. The number of hydrogen-bond acceptors (Lipinski definition) is 3. The van der Waals surface area contributed by atoms with E-state index in [0.717, 1.165) is 0 Å². The van der Waals surface area contributed by atoms with Crippen LogP contribution >= 0.6 is 11.6 Å². The van der Waals surface area contributed by atoms with E-state index in [1.807, 2.05) is 13.8 Å². The van der Waals surface area contributed by atoms with Gasteiger partial charge in [-0.25, -0.2) is 4.98 Å². The molecule has 0 radical (unpaired) electrons. The molecule has 0 aliphatic heterocycles. The Hall–Kier alpha value is -1.10. The number of halogens is 3. The van der Waals surface area contributed by atoms with Gasteiger partial charge in [-0.2, -0.15) is 8.78 Å². The molecule has 0 saturated carbocycles. The van der Waals surface area contributed by atoms with Crippen LogP contribution < -0.4 is 9.47 Å². The number of rotatable bonds is 4. The summed E-state index contributed by atoms with van der Waals surface area (Å²) in [6, 6.07) is 1.29. The Labute approximate surface area is 97.3 Å². The second kappa shape index (κ2) is 5.30. The van der Waals surface area contributed by atoms with Crippen LogP contribution in [0.15, 0.2) is 6.07 Å². The van der Waals surface area contributed by atoms with E-state index >= 15 is 0 Å². The lowest BCUT2D eigenvalue weighted by atomic mass is 10.1. The van der Waals surface area contributed by atoms with Gasteiger partial charge in [0, 0.05) is 6.07 Å². The van der Waals surface area contributed by atoms with Crippen LogP contribution in [0.25, 0.3) is 0 Å². The van der Waals surface area contributed by atoms with Crippen LogP contribution in [0, 0.1) is 0 Å². The highest BCUT2D eigenvalue weighted by molar-refractivity contribution is 6.32. The average molecular weight is 252 g/mol. The largest absolute Gasteiger partial charge is 0.480 e. The Balaban J connectivity index is 3.19. The molecule has 0 amide bonds. The minimum Gasteiger partial charge on any atom is -0.480 e. The van der Waals surface area contributed by atoms with Crippen LogP contribution in [0.3, 0.4) is 0 Å². The van der Waals surface area contributed by atoms with E-state index in [9.17, 15) is 8.78 Å². The molecular formula is C10H12ClF2NO2. The van der Waals surface area contributed by atoms with Crippen LogP contribution in [0.1, 0.15) is 25.5 Å². The van der Waals surface area contributed by atoms with E-state index in [1.54, 1.807) is 0 Å². The molecule has 1 heterocycles. The summed E-state index contributed by atoms with van der Waals surface area (Å²) in [6.07, 6.45) is 0. The lowest BCUT2D eigenvalue weighted by Crippen LogP contribution is -2.07. The van der Waals surface area contributed by atoms with Gasteiger partial charge < -0.3 is 9.47 Å². The molecule has 0 saturated heterocycles. The molecule has 90 valence electrons. The SMILES string of the molecule is COc1nc(C(C)C)c(OC(F)F)cc1Cl. The lowest BCUT2D eigenvalue weighted by Gasteiger charge is -2.14.